The van der Waals surface area contributed by atoms with Crippen LogP contribution in [0.3, 0.4) is 0 Å². The van der Waals surface area contributed by atoms with Crippen molar-refractivity contribution in [2.24, 2.45) is 7.05 Å². The van der Waals surface area contributed by atoms with Crippen LogP contribution in [0.5, 0.6) is 5.75 Å². The average molecular weight is 381 g/mol. The predicted octanol–water partition coefficient (Wildman–Crippen LogP) is 4.94. The van der Waals surface area contributed by atoms with E-state index in [0.29, 0.717) is 5.82 Å². The molecule has 0 fully saturated rings. The molecule has 3 aromatic heterocycles. The molecule has 6 heteroatoms. The SMILES string of the molecule is COc1ccc2nc(-c3cccnc3)nc(Nc3ccc4ccn(C)c4c3)c2c1. The van der Waals surface area contributed by atoms with E-state index >= 15 is 0 Å². The van der Waals surface area contributed by atoms with E-state index in [0.717, 1.165) is 39.2 Å². The van der Waals surface area contributed by atoms with Crippen LogP contribution < -0.4 is 10.1 Å². The van der Waals surface area contributed by atoms with Gasteiger partial charge in [0.1, 0.15) is 11.6 Å². The lowest BCUT2D eigenvalue weighted by Gasteiger charge is -2.12. The van der Waals surface area contributed by atoms with Crippen molar-refractivity contribution < 1.29 is 4.74 Å². The second-order valence-corrected chi connectivity index (χ2v) is 6.85. The van der Waals surface area contributed by atoms with Gasteiger partial charge in [-0.25, -0.2) is 9.97 Å². The van der Waals surface area contributed by atoms with E-state index in [2.05, 4.69) is 45.3 Å². The fraction of sp³-hybridized carbons (Fsp3) is 0.0870. The van der Waals surface area contributed by atoms with Gasteiger partial charge >= 0.3 is 0 Å². The first kappa shape index (κ1) is 17.2. The summed E-state index contributed by atoms with van der Waals surface area (Å²) in [6.07, 6.45) is 5.56. The molecule has 5 rings (SSSR count). The van der Waals surface area contributed by atoms with Gasteiger partial charge in [-0.05, 0) is 53.9 Å². The minimum atomic E-state index is 0.623. The molecule has 5 aromatic rings. The molecule has 142 valence electrons. The Morgan fingerprint density at radius 1 is 1.00 bits per heavy atom. The molecule has 3 heterocycles. The summed E-state index contributed by atoms with van der Waals surface area (Å²) in [7, 11) is 3.69. The van der Waals surface area contributed by atoms with Crippen LogP contribution in [0.2, 0.25) is 0 Å². The number of nitrogens with zero attached hydrogens (tertiary/aromatic N) is 4. The number of fused-ring (bicyclic) bond motifs is 2. The van der Waals surface area contributed by atoms with Crippen LogP contribution in [-0.2, 0) is 7.05 Å². The normalized spacial score (nSPS) is 11.1. The van der Waals surface area contributed by atoms with Gasteiger partial charge in [0, 0.05) is 47.8 Å². The Kier molecular flexibility index (Phi) is 4.09. The first-order valence-electron chi connectivity index (χ1n) is 9.29. The highest BCUT2D eigenvalue weighted by atomic mass is 16.5. The Labute approximate surface area is 167 Å². The molecule has 0 aliphatic heterocycles. The second kappa shape index (κ2) is 6.91. The van der Waals surface area contributed by atoms with Crippen molar-refractivity contribution in [1.82, 2.24) is 19.5 Å². The van der Waals surface area contributed by atoms with E-state index in [9.17, 15) is 0 Å². The summed E-state index contributed by atoms with van der Waals surface area (Å²) in [6, 6.07) is 18.0. The van der Waals surface area contributed by atoms with Gasteiger partial charge in [-0.15, -0.1) is 0 Å². The molecule has 0 bridgehead atoms. The minimum Gasteiger partial charge on any atom is -0.497 e. The van der Waals surface area contributed by atoms with Gasteiger partial charge in [-0.2, -0.15) is 0 Å². The fourth-order valence-corrected chi connectivity index (χ4v) is 3.43. The first-order valence-corrected chi connectivity index (χ1v) is 9.29. The summed E-state index contributed by atoms with van der Waals surface area (Å²) >= 11 is 0. The predicted molar refractivity (Wildman–Crippen MR) is 116 cm³/mol. The molecule has 0 amide bonds. The molecule has 0 spiro atoms. The van der Waals surface area contributed by atoms with Crippen molar-refractivity contribution in [3.05, 3.63) is 73.2 Å². The Bertz CT molecular complexity index is 1330. The molecule has 0 atom stereocenters. The Morgan fingerprint density at radius 2 is 1.93 bits per heavy atom. The van der Waals surface area contributed by atoms with Crippen LogP contribution in [0.1, 0.15) is 0 Å². The second-order valence-electron chi connectivity index (χ2n) is 6.85. The quantitative estimate of drug-likeness (QED) is 0.478. The maximum Gasteiger partial charge on any atom is 0.163 e. The molecule has 2 aromatic carbocycles. The zero-order chi connectivity index (χ0) is 19.8. The smallest absolute Gasteiger partial charge is 0.163 e. The summed E-state index contributed by atoms with van der Waals surface area (Å²) in [5.41, 5.74) is 3.81. The molecule has 0 saturated heterocycles. The van der Waals surface area contributed by atoms with Crippen LogP contribution >= 0.6 is 0 Å². The fourth-order valence-electron chi connectivity index (χ4n) is 3.43. The highest BCUT2D eigenvalue weighted by molar-refractivity contribution is 5.94. The van der Waals surface area contributed by atoms with Gasteiger partial charge in [0.25, 0.3) is 0 Å². The maximum atomic E-state index is 5.41. The highest BCUT2D eigenvalue weighted by Gasteiger charge is 2.12. The van der Waals surface area contributed by atoms with Crippen molar-refractivity contribution in [1.29, 1.82) is 0 Å². The molecule has 0 unspecified atom stereocenters. The van der Waals surface area contributed by atoms with Crippen LogP contribution in [0, 0.1) is 0 Å². The van der Waals surface area contributed by atoms with Crippen molar-refractivity contribution in [3.8, 4) is 17.1 Å². The highest BCUT2D eigenvalue weighted by Crippen LogP contribution is 2.31. The molecular weight excluding hydrogens is 362 g/mol. The van der Waals surface area contributed by atoms with Crippen molar-refractivity contribution in [3.63, 3.8) is 0 Å². The summed E-state index contributed by atoms with van der Waals surface area (Å²) in [5, 5.41) is 5.57. The van der Waals surface area contributed by atoms with Gasteiger partial charge < -0.3 is 14.6 Å². The molecule has 0 aliphatic carbocycles. The van der Waals surface area contributed by atoms with Crippen LogP contribution in [-0.4, -0.2) is 26.6 Å². The van der Waals surface area contributed by atoms with Gasteiger partial charge in [0.2, 0.25) is 0 Å². The number of hydrogen-bond donors (Lipinski definition) is 1. The number of benzene rings is 2. The van der Waals surface area contributed by atoms with Crippen LogP contribution in [0.4, 0.5) is 11.5 Å². The molecule has 29 heavy (non-hydrogen) atoms. The molecule has 0 aliphatic rings. The first-order chi connectivity index (χ1) is 14.2. The summed E-state index contributed by atoms with van der Waals surface area (Å²) in [5.74, 6) is 2.11. The van der Waals surface area contributed by atoms with Crippen molar-refractivity contribution >= 4 is 33.3 Å². The number of methoxy groups -OCH3 is 1. The van der Waals surface area contributed by atoms with E-state index in [4.69, 9.17) is 14.7 Å². The van der Waals surface area contributed by atoms with E-state index in [1.807, 2.05) is 37.4 Å². The Balaban J connectivity index is 1.67. The lowest BCUT2D eigenvalue weighted by Crippen LogP contribution is -2.00. The standard InChI is InChI=1S/C23H19N5O/c1-28-11-9-15-5-6-17(12-21(15)28)25-23-19-13-18(29-2)7-8-20(19)26-22(27-23)16-4-3-10-24-14-16/h3-14H,1-2H3,(H,25,26,27). The Hall–Kier alpha value is -3.93. The van der Waals surface area contributed by atoms with E-state index in [1.54, 1.807) is 19.5 Å². The minimum absolute atomic E-state index is 0.623. The Morgan fingerprint density at radius 3 is 2.76 bits per heavy atom. The number of anilines is 2. The monoisotopic (exact) mass is 381 g/mol. The maximum absolute atomic E-state index is 5.41. The van der Waals surface area contributed by atoms with E-state index in [-0.39, 0.29) is 0 Å². The number of pyridine rings is 1. The molecule has 0 saturated carbocycles. The summed E-state index contributed by atoms with van der Waals surface area (Å²) in [4.78, 5) is 13.7. The van der Waals surface area contributed by atoms with Crippen molar-refractivity contribution in [2.75, 3.05) is 12.4 Å². The zero-order valence-electron chi connectivity index (χ0n) is 16.1. The van der Waals surface area contributed by atoms with E-state index in [1.165, 1.54) is 5.39 Å². The third-order valence-electron chi connectivity index (χ3n) is 4.97. The zero-order valence-corrected chi connectivity index (χ0v) is 16.1. The van der Waals surface area contributed by atoms with Crippen LogP contribution in [0.15, 0.2) is 73.2 Å². The summed E-state index contributed by atoms with van der Waals surface area (Å²) in [6.45, 7) is 0. The number of nitrogens with one attached hydrogen (secondary N) is 1. The molecule has 6 nitrogen and oxygen atoms in total. The van der Waals surface area contributed by atoms with Gasteiger partial charge in [0.15, 0.2) is 5.82 Å². The number of rotatable bonds is 4. The lowest BCUT2D eigenvalue weighted by atomic mass is 10.2. The molecule has 1 N–H and O–H groups in total. The number of aryl methyl sites for hydroxylation is 1. The van der Waals surface area contributed by atoms with Crippen molar-refractivity contribution in [2.45, 2.75) is 0 Å². The third kappa shape index (κ3) is 3.14. The third-order valence-corrected chi connectivity index (χ3v) is 4.97. The number of aromatic nitrogens is 4. The number of ether oxygens (including phenoxy) is 1. The lowest BCUT2D eigenvalue weighted by molar-refractivity contribution is 0.415. The largest absolute Gasteiger partial charge is 0.497 e. The molecule has 0 radical (unpaired) electrons. The van der Waals surface area contributed by atoms with Gasteiger partial charge in [-0.3, -0.25) is 4.98 Å². The van der Waals surface area contributed by atoms with Gasteiger partial charge in [0.05, 0.1) is 12.6 Å². The summed E-state index contributed by atoms with van der Waals surface area (Å²) < 4.78 is 7.51. The van der Waals surface area contributed by atoms with E-state index < -0.39 is 0 Å². The average Bonchev–Trinajstić information content (AvgIpc) is 3.14. The van der Waals surface area contributed by atoms with Gasteiger partial charge in [-0.1, -0.05) is 6.07 Å². The topological polar surface area (TPSA) is 64.9 Å². The molecular formula is C23H19N5O. The van der Waals surface area contributed by atoms with Crippen LogP contribution in [0.25, 0.3) is 33.2 Å². The number of hydrogen-bond acceptors (Lipinski definition) is 5.